The Morgan fingerprint density at radius 3 is 3.00 bits per heavy atom. The molecule has 2 N–H and O–H groups in total. The van der Waals surface area contributed by atoms with Crippen molar-refractivity contribution in [3.8, 4) is 0 Å². The molecule has 1 saturated carbocycles. The molecule has 2 rings (SSSR count). The van der Waals surface area contributed by atoms with E-state index < -0.39 is 11.8 Å². The Morgan fingerprint density at radius 2 is 2.21 bits per heavy atom. The maximum absolute atomic E-state index is 11.9. The van der Waals surface area contributed by atoms with Gasteiger partial charge in [0.2, 0.25) is 5.91 Å². The Labute approximate surface area is 111 Å². The summed E-state index contributed by atoms with van der Waals surface area (Å²) in [4.78, 5) is 26.9. The van der Waals surface area contributed by atoms with Gasteiger partial charge in [-0.1, -0.05) is 19.3 Å². The number of hydrogen-bond donors (Lipinski definition) is 2. The molecule has 0 aliphatic heterocycles. The van der Waals surface area contributed by atoms with Crippen LogP contribution in [-0.2, 0) is 11.3 Å². The number of carbonyl (C=O) groups excluding carboxylic acids is 1. The molecule has 19 heavy (non-hydrogen) atoms. The van der Waals surface area contributed by atoms with Crippen LogP contribution in [0.1, 0.15) is 32.1 Å². The van der Waals surface area contributed by atoms with Crippen molar-refractivity contribution >= 4 is 5.91 Å². The van der Waals surface area contributed by atoms with Crippen LogP contribution in [0.3, 0.4) is 0 Å². The zero-order valence-electron chi connectivity index (χ0n) is 10.8. The molecule has 0 bridgehead atoms. The van der Waals surface area contributed by atoms with Gasteiger partial charge in [0.1, 0.15) is 6.54 Å². The van der Waals surface area contributed by atoms with Crippen LogP contribution in [0, 0.1) is 0 Å². The molecule has 1 aromatic rings. The minimum atomic E-state index is -0.489. The van der Waals surface area contributed by atoms with E-state index in [9.17, 15) is 14.7 Å². The average molecular weight is 265 g/mol. The van der Waals surface area contributed by atoms with E-state index in [1.807, 2.05) is 0 Å². The van der Waals surface area contributed by atoms with Gasteiger partial charge < -0.3 is 10.4 Å². The van der Waals surface area contributed by atoms with Gasteiger partial charge in [0.15, 0.2) is 0 Å². The molecule has 1 aliphatic carbocycles. The Hall–Kier alpha value is -1.69. The van der Waals surface area contributed by atoms with Crippen molar-refractivity contribution in [1.29, 1.82) is 0 Å². The van der Waals surface area contributed by atoms with E-state index in [1.54, 1.807) is 6.07 Å². The molecule has 6 nitrogen and oxygen atoms in total. The maximum Gasteiger partial charge on any atom is 0.347 e. The minimum absolute atomic E-state index is 0.0596. The van der Waals surface area contributed by atoms with Crippen molar-refractivity contribution < 1.29 is 9.90 Å². The molecular weight excluding hydrogens is 246 g/mol. The molecule has 1 fully saturated rings. The fraction of sp³-hybridized carbons (Fsp3) is 0.615. The molecule has 104 valence electrons. The van der Waals surface area contributed by atoms with E-state index in [-0.39, 0.29) is 18.5 Å². The molecule has 1 amide bonds. The predicted octanol–water partition coefficient (Wildman–Crippen LogP) is 0.0531. The van der Waals surface area contributed by atoms with Crippen molar-refractivity contribution in [2.45, 2.75) is 50.8 Å². The molecular formula is C13H19N3O3. The quantitative estimate of drug-likeness (QED) is 0.757. The highest BCUT2D eigenvalue weighted by molar-refractivity contribution is 5.76. The van der Waals surface area contributed by atoms with Crippen LogP contribution in [-0.4, -0.2) is 32.7 Å². The third-order valence-corrected chi connectivity index (χ3v) is 3.42. The molecule has 1 aromatic heterocycles. The average Bonchev–Trinajstić information content (AvgIpc) is 2.58. The van der Waals surface area contributed by atoms with Crippen LogP contribution < -0.4 is 11.0 Å². The van der Waals surface area contributed by atoms with Crippen LogP contribution >= 0.6 is 0 Å². The first-order valence-corrected chi connectivity index (χ1v) is 6.66. The summed E-state index contributed by atoms with van der Waals surface area (Å²) < 4.78 is 1.25. The smallest absolute Gasteiger partial charge is 0.347 e. The van der Waals surface area contributed by atoms with Gasteiger partial charge in [0.25, 0.3) is 0 Å². The zero-order valence-corrected chi connectivity index (χ0v) is 10.8. The lowest BCUT2D eigenvalue weighted by molar-refractivity contribution is -0.123. The van der Waals surface area contributed by atoms with Gasteiger partial charge in [-0.15, -0.1) is 0 Å². The van der Waals surface area contributed by atoms with Gasteiger partial charge in [0.05, 0.1) is 12.1 Å². The van der Waals surface area contributed by atoms with Crippen molar-refractivity contribution in [2.24, 2.45) is 0 Å². The van der Waals surface area contributed by atoms with E-state index in [1.165, 1.54) is 17.0 Å². The van der Waals surface area contributed by atoms with E-state index in [0.29, 0.717) is 0 Å². The second kappa shape index (κ2) is 6.47. The molecule has 0 spiro atoms. The number of carbonyl (C=O) groups is 1. The molecule has 2 unspecified atom stereocenters. The first-order valence-electron chi connectivity index (χ1n) is 6.66. The minimum Gasteiger partial charge on any atom is -0.391 e. The number of aromatic nitrogens is 2. The summed E-state index contributed by atoms with van der Waals surface area (Å²) in [5.74, 6) is -0.263. The summed E-state index contributed by atoms with van der Waals surface area (Å²) in [6.45, 7) is -0.0596. The summed E-state index contributed by atoms with van der Waals surface area (Å²) in [6.07, 6.45) is 7.03. The highest BCUT2D eigenvalue weighted by atomic mass is 16.3. The zero-order chi connectivity index (χ0) is 13.7. The molecule has 1 heterocycles. The monoisotopic (exact) mass is 265 g/mol. The van der Waals surface area contributed by atoms with Crippen molar-refractivity contribution in [3.05, 3.63) is 28.9 Å². The molecule has 1 aliphatic rings. The van der Waals surface area contributed by atoms with Crippen LogP contribution in [0.15, 0.2) is 23.3 Å². The third kappa shape index (κ3) is 3.89. The second-order valence-corrected chi connectivity index (χ2v) is 4.91. The van der Waals surface area contributed by atoms with Crippen molar-refractivity contribution in [2.75, 3.05) is 0 Å². The van der Waals surface area contributed by atoms with Gasteiger partial charge in [-0.3, -0.25) is 9.36 Å². The van der Waals surface area contributed by atoms with Crippen LogP contribution in [0.25, 0.3) is 0 Å². The lowest BCUT2D eigenvalue weighted by Crippen LogP contribution is -2.44. The number of amides is 1. The number of nitrogens with zero attached hydrogens (tertiary/aromatic N) is 2. The maximum atomic E-state index is 11.9. The Morgan fingerprint density at radius 1 is 1.42 bits per heavy atom. The van der Waals surface area contributed by atoms with Gasteiger partial charge >= 0.3 is 5.69 Å². The fourth-order valence-corrected chi connectivity index (χ4v) is 2.37. The van der Waals surface area contributed by atoms with Crippen LogP contribution in [0.4, 0.5) is 0 Å². The summed E-state index contributed by atoms with van der Waals surface area (Å²) in [6, 6.07) is 1.40. The molecule has 0 aromatic carbocycles. The number of aliphatic hydroxyl groups excluding tert-OH is 1. The lowest BCUT2D eigenvalue weighted by atomic mass is 10.1. The summed E-state index contributed by atoms with van der Waals surface area (Å²) in [5, 5.41) is 12.7. The fourth-order valence-electron chi connectivity index (χ4n) is 2.37. The highest BCUT2D eigenvalue weighted by Gasteiger charge is 2.23. The standard InChI is InChI=1S/C13H19N3O3/c17-11-6-3-1-2-5-10(11)15-12(18)9-16-8-4-7-14-13(16)19/h4,7-8,10-11,17H,1-3,5-6,9H2,(H,15,18). The Balaban J connectivity index is 1.93. The summed E-state index contributed by atoms with van der Waals surface area (Å²) in [7, 11) is 0. The SMILES string of the molecule is O=C(Cn1cccnc1=O)NC1CCCCCC1O. The van der Waals surface area contributed by atoms with E-state index in [2.05, 4.69) is 10.3 Å². The van der Waals surface area contributed by atoms with E-state index in [4.69, 9.17) is 0 Å². The number of aliphatic hydroxyl groups is 1. The summed E-state index contributed by atoms with van der Waals surface area (Å²) >= 11 is 0. The molecule has 6 heteroatoms. The number of nitrogens with one attached hydrogen (secondary N) is 1. The predicted molar refractivity (Wildman–Crippen MR) is 69.5 cm³/mol. The van der Waals surface area contributed by atoms with E-state index >= 15 is 0 Å². The number of rotatable bonds is 3. The molecule has 2 atom stereocenters. The number of hydrogen-bond acceptors (Lipinski definition) is 4. The highest BCUT2D eigenvalue weighted by Crippen LogP contribution is 2.17. The molecule has 0 saturated heterocycles. The van der Waals surface area contributed by atoms with Crippen LogP contribution in [0.5, 0.6) is 0 Å². The van der Waals surface area contributed by atoms with Crippen LogP contribution in [0.2, 0.25) is 0 Å². The largest absolute Gasteiger partial charge is 0.391 e. The normalized spacial score (nSPS) is 23.6. The van der Waals surface area contributed by atoms with Gasteiger partial charge in [-0.25, -0.2) is 9.78 Å². The first kappa shape index (κ1) is 13.7. The first-order chi connectivity index (χ1) is 9.16. The molecule has 0 radical (unpaired) electrons. The van der Waals surface area contributed by atoms with Gasteiger partial charge in [-0.2, -0.15) is 0 Å². The van der Waals surface area contributed by atoms with Crippen molar-refractivity contribution in [3.63, 3.8) is 0 Å². The lowest BCUT2D eigenvalue weighted by Gasteiger charge is -2.21. The Bertz CT molecular complexity index is 486. The van der Waals surface area contributed by atoms with E-state index in [0.717, 1.165) is 32.1 Å². The van der Waals surface area contributed by atoms with Crippen molar-refractivity contribution in [1.82, 2.24) is 14.9 Å². The summed E-state index contributed by atoms with van der Waals surface area (Å²) in [5.41, 5.74) is -0.445. The third-order valence-electron chi connectivity index (χ3n) is 3.42. The second-order valence-electron chi connectivity index (χ2n) is 4.91. The Kier molecular flexibility index (Phi) is 4.68. The topological polar surface area (TPSA) is 84.2 Å². The van der Waals surface area contributed by atoms with Gasteiger partial charge in [0, 0.05) is 12.4 Å². The van der Waals surface area contributed by atoms with Gasteiger partial charge in [-0.05, 0) is 18.9 Å².